The number of alkyl halides is 4. The lowest BCUT2D eigenvalue weighted by Gasteiger charge is -2.25. The van der Waals surface area contributed by atoms with Gasteiger partial charge in [0.25, 0.3) is 0 Å². The lowest BCUT2D eigenvalue weighted by atomic mass is 10.1. The highest BCUT2D eigenvalue weighted by molar-refractivity contribution is 9.09. The summed E-state index contributed by atoms with van der Waals surface area (Å²) < 4.78 is 37.5. The van der Waals surface area contributed by atoms with Crippen molar-refractivity contribution in [1.29, 1.82) is 0 Å². The van der Waals surface area contributed by atoms with E-state index in [-0.39, 0.29) is 5.25 Å². The van der Waals surface area contributed by atoms with Crippen molar-refractivity contribution in [3.63, 3.8) is 0 Å². The Hall–Kier alpha value is -0.200. The molecular weight excluding hydrogens is 339 g/mol. The van der Waals surface area contributed by atoms with Crippen molar-refractivity contribution in [1.82, 2.24) is 4.90 Å². The highest BCUT2D eigenvalue weighted by Crippen LogP contribution is 2.37. The first-order valence-electron chi connectivity index (χ1n) is 6.07. The molecule has 0 amide bonds. The van der Waals surface area contributed by atoms with E-state index in [1.165, 1.54) is 15.4 Å². The zero-order valence-corrected chi connectivity index (χ0v) is 12.7. The number of halogens is 4. The predicted octanol–water partition coefficient (Wildman–Crippen LogP) is 3.96. The first kappa shape index (κ1) is 15.2. The van der Waals surface area contributed by atoms with E-state index in [2.05, 4.69) is 22.0 Å². The summed E-state index contributed by atoms with van der Waals surface area (Å²) in [5.41, 5.74) is 1.25. The number of hydrogen-bond acceptors (Lipinski definition) is 2. The van der Waals surface area contributed by atoms with E-state index in [1.54, 1.807) is 11.8 Å². The Kier molecular flexibility index (Phi) is 5.20. The molecule has 0 bridgehead atoms. The molecule has 1 heterocycles. The van der Waals surface area contributed by atoms with Crippen molar-refractivity contribution in [2.75, 3.05) is 25.0 Å². The van der Waals surface area contributed by atoms with Crippen LogP contribution in [0.4, 0.5) is 13.2 Å². The van der Waals surface area contributed by atoms with Crippen molar-refractivity contribution in [3.8, 4) is 0 Å². The average molecular weight is 354 g/mol. The van der Waals surface area contributed by atoms with E-state index in [1.807, 2.05) is 18.2 Å². The van der Waals surface area contributed by atoms with E-state index in [0.29, 0.717) is 18.4 Å². The van der Waals surface area contributed by atoms with Crippen molar-refractivity contribution in [2.45, 2.75) is 22.7 Å². The van der Waals surface area contributed by atoms with Crippen LogP contribution >= 0.6 is 27.7 Å². The molecule has 1 aliphatic heterocycles. The van der Waals surface area contributed by atoms with Gasteiger partial charge in [0.1, 0.15) is 0 Å². The smallest absolute Gasteiger partial charge is 0.293 e. The summed E-state index contributed by atoms with van der Waals surface area (Å²) in [5, 5.41) is 0.784. The fourth-order valence-corrected chi connectivity index (χ4v) is 4.12. The molecule has 0 N–H and O–H groups in total. The van der Waals surface area contributed by atoms with Crippen molar-refractivity contribution in [3.05, 3.63) is 29.8 Å². The molecule has 0 aromatic heterocycles. The molecule has 0 fully saturated rings. The van der Waals surface area contributed by atoms with E-state index in [9.17, 15) is 13.2 Å². The standard InChI is InChI=1S/C13H15BrF3NS/c14-5-6-18(9-13(15,16)17)8-11-7-10-3-1-2-4-12(10)19-11/h1-4,11H,5-9H2. The maximum Gasteiger partial charge on any atom is 0.401 e. The van der Waals surface area contributed by atoms with Gasteiger partial charge in [-0.15, -0.1) is 11.8 Å². The molecule has 0 spiro atoms. The lowest BCUT2D eigenvalue weighted by Crippen LogP contribution is -2.39. The second kappa shape index (κ2) is 6.50. The van der Waals surface area contributed by atoms with Crippen molar-refractivity contribution >= 4 is 27.7 Å². The van der Waals surface area contributed by atoms with Crippen LogP contribution in [0.1, 0.15) is 5.56 Å². The highest BCUT2D eigenvalue weighted by Gasteiger charge is 2.32. The Balaban J connectivity index is 1.93. The molecule has 1 aliphatic rings. The highest BCUT2D eigenvalue weighted by atomic mass is 79.9. The Morgan fingerprint density at radius 3 is 2.68 bits per heavy atom. The molecule has 19 heavy (non-hydrogen) atoms. The average Bonchev–Trinajstić information content (AvgIpc) is 2.69. The van der Waals surface area contributed by atoms with E-state index in [4.69, 9.17) is 0 Å². The van der Waals surface area contributed by atoms with Crippen molar-refractivity contribution < 1.29 is 13.2 Å². The van der Waals surface area contributed by atoms with Gasteiger partial charge >= 0.3 is 6.18 Å². The molecule has 1 aromatic rings. The fourth-order valence-electron chi connectivity index (χ4n) is 2.25. The van der Waals surface area contributed by atoms with Gasteiger partial charge in [-0.2, -0.15) is 13.2 Å². The second-order valence-corrected chi connectivity index (χ2v) is 6.73. The summed E-state index contributed by atoms with van der Waals surface area (Å²) in [5.74, 6) is 0. The number of nitrogens with zero attached hydrogens (tertiary/aromatic N) is 1. The van der Waals surface area contributed by atoms with Gasteiger partial charge in [0, 0.05) is 28.6 Å². The third-order valence-electron chi connectivity index (χ3n) is 2.98. The second-order valence-electron chi connectivity index (χ2n) is 4.59. The van der Waals surface area contributed by atoms with E-state index in [0.717, 1.165) is 6.42 Å². The van der Waals surface area contributed by atoms with Crippen LogP contribution in [0.3, 0.4) is 0 Å². The number of fused-ring (bicyclic) bond motifs is 1. The minimum atomic E-state index is -4.13. The van der Waals surface area contributed by atoms with Crippen LogP contribution in [-0.4, -0.2) is 41.3 Å². The maximum atomic E-state index is 12.5. The van der Waals surface area contributed by atoms with Crippen molar-refractivity contribution in [2.24, 2.45) is 0 Å². The van der Waals surface area contributed by atoms with Gasteiger partial charge in [-0.1, -0.05) is 34.1 Å². The number of benzene rings is 1. The number of hydrogen-bond donors (Lipinski definition) is 0. The summed E-state index contributed by atoms with van der Waals surface area (Å²) in [6.45, 7) is 0.0728. The molecule has 6 heteroatoms. The summed E-state index contributed by atoms with van der Waals surface area (Å²) in [6.07, 6.45) is -3.27. The van der Waals surface area contributed by atoms with Crippen LogP contribution in [0.2, 0.25) is 0 Å². The lowest BCUT2D eigenvalue weighted by molar-refractivity contribution is -0.145. The Morgan fingerprint density at radius 2 is 2.05 bits per heavy atom. The topological polar surface area (TPSA) is 3.24 Å². The van der Waals surface area contributed by atoms with Gasteiger partial charge in [-0.25, -0.2) is 0 Å². The Bertz CT molecular complexity index is 400. The normalized spacial score (nSPS) is 18.9. The van der Waals surface area contributed by atoms with Gasteiger partial charge in [0.15, 0.2) is 0 Å². The SMILES string of the molecule is FC(F)(F)CN(CCBr)CC1Cc2ccccc2S1. The van der Waals surface area contributed by atoms with Gasteiger partial charge in [0.2, 0.25) is 0 Å². The van der Waals surface area contributed by atoms with Crippen LogP contribution in [0.25, 0.3) is 0 Å². The summed E-state index contributed by atoms with van der Waals surface area (Å²) in [7, 11) is 0. The molecule has 2 rings (SSSR count). The summed E-state index contributed by atoms with van der Waals surface area (Å²) in [6, 6.07) is 8.05. The zero-order chi connectivity index (χ0) is 13.9. The van der Waals surface area contributed by atoms with Crippen LogP contribution < -0.4 is 0 Å². The molecule has 1 atom stereocenters. The van der Waals surface area contributed by atoms with Gasteiger partial charge in [-0.3, -0.25) is 4.90 Å². The zero-order valence-electron chi connectivity index (χ0n) is 10.3. The molecule has 0 saturated heterocycles. The summed E-state index contributed by atoms with van der Waals surface area (Å²) >= 11 is 4.91. The maximum absolute atomic E-state index is 12.5. The molecule has 1 unspecified atom stereocenters. The predicted molar refractivity (Wildman–Crippen MR) is 76.1 cm³/mol. The van der Waals surface area contributed by atoms with Crippen LogP contribution in [0, 0.1) is 0 Å². The number of rotatable bonds is 5. The third-order valence-corrected chi connectivity index (χ3v) is 4.64. The first-order valence-corrected chi connectivity index (χ1v) is 8.07. The quantitative estimate of drug-likeness (QED) is 0.737. The molecule has 0 saturated carbocycles. The molecule has 0 aliphatic carbocycles. The summed E-state index contributed by atoms with van der Waals surface area (Å²) in [4.78, 5) is 2.69. The minimum absolute atomic E-state index is 0.221. The fraction of sp³-hybridized carbons (Fsp3) is 0.538. The molecule has 106 valence electrons. The molecule has 0 radical (unpaired) electrons. The largest absolute Gasteiger partial charge is 0.401 e. The minimum Gasteiger partial charge on any atom is -0.293 e. The van der Waals surface area contributed by atoms with Gasteiger partial charge < -0.3 is 0 Å². The Labute approximate surface area is 123 Å². The van der Waals surface area contributed by atoms with Crippen LogP contribution in [0.5, 0.6) is 0 Å². The Morgan fingerprint density at radius 1 is 1.32 bits per heavy atom. The van der Waals surface area contributed by atoms with Gasteiger partial charge in [0.05, 0.1) is 6.54 Å². The monoisotopic (exact) mass is 353 g/mol. The van der Waals surface area contributed by atoms with Gasteiger partial charge in [-0.05, 0) is 18.1 Å². The first-order chi connectivity index (χ1) is 8.98. The van der Waals surface area contributed by atoms with E-state index < -0.39 is 12.7 Å². The number of thioether (sulfide) groups is 1. The third kappa shape index (κ3) is 4.68. The molecule has 1 aromatic carbocycles. The van der Waals surface area contributed by atoms with E-state index >= 15 is 0 Å². The molecule has 1 nitrogen and oxygen atoms in total. The van der Waals surface area contributed by atoms with Crippen LogP contribution in [0.15, 0.2) is 29.2 Å². The van der Waals surface area contributed by atoms with Crippen LogP contribution in [-0.2, 0) is 6.42 Å². The molecular formula is C13H15BrF3NS.